The first kappa shape index (κ1) is 24.8. The monoisotopic (exact) mass is 527 g/mol. The number of β-amino-alcohol motifs (C(OH)–C–C–N with tert-alkyl or cyclic N) is 1. The minimum absolute atomic E-state index is 0.125. The van der Waals surface area contributed by atoms with E-state index < -0.39 is 12.1 Å². The number of anilines is 3. The van der Waals surface area contributed by atoms with Crippen LogP contribution in [0.2, 0.25) is 0 Å². The second kappa shape index (κ2) is 10.7. The summed E-state index contributed by atoms with van der Waals surface area (Å²) < 4.78 is 7.33. The number of aliphatic hydroxyl groups excluding tert-OH is 1. The van der Waals surface area contributed by atoms with E-state index in [1.165, 1.54) is 0 Å². The molecule has 0 aliphatic carbocycles. The van der Waals surface area contributed by atoms with Gasteiger partial charge >= 0.3 is 6.03 Å². The van der Waals surface area contributed by atoms with Crippen molar-refractivity contribution in [2.24, 2.45) is 0 Å². The lowest BCUT2D eigenvalue weighted by Gasteiger charge is -2.28. The molecule has 0 saturated carbocycles. The Balaban J connectivity index is 1.10. The van der Waals surface area contributed by atoms with Crippen molar-refractivity contribution in [3.05, 3.63) is 72.4 Å². The number of rotatable bonds is 5. The van der Waals surface area contributed by atoms with Gasteiger partial charge in [0.2, 0.25) is 0 Å². The highest BCUT2D eigenvalue weighted by Gasteiger charge is 2.25. The van der Waals surface area contributed by atoms with E-state index in [0.717, 1.165) is 30.0 Å². The molecule has 6 rings (SSSR count). The minimum Gasteiger partial charge on any atom is -0.391 e. The summed E-state index contributed by atoms with van der Waals surface area (Å²) in [7, 11) is 0. The molecule has 2 saturated heterocycles. The Hall–Kier alpha value is -4.48. The number of hydrogen-bond acceptors (Lipinski definition) is 7. The van der Waals surface area contributed by atoms with Gasteiger partial charge in [-0.2, -0.15) is 0 Å². The van der Waals surface area contributed by atoms with E-state index in [-0.39, 0.29) is 5.91 Å². The Labute approximate surface area is 225 Å². The van der Waals surface area contributed by atoms with E-state index in [4.69, 9.17) is 9.72 Å². The number of fused-ring (bicyclic) bond motifs is 1. The quantitative estimate of drug-likeness (QED) is 0.364. The van der Waals surface area contributed by atoms with Crippen LogP contribution in [0, 0.1) is 0 Å². The molecule has 0 radical (unpaired) electrons. The summed E-state index contributed by atoms with van der Waals surface area (Å²) in [5.74, 6) is 1.34. The molecule has 0 bridgehead atoms. The fourth-order valence-electron chi connectivity index (χ4n) is 4.85. The number of urea groups is 1. The third-order valence-electron chi connectivity index (χ3n) is 6.92. The van der Waals surface area contributed by atoms with Gasteiger partial charge in [0.1, 0.15) is 5.52 Å². The van der Waals surface area contributed by atoms with Crippen molar-refractivity contribution in [3.63, 3.8) is 0 Å². The van der Waals surface area contributed by atoms with Crippen LogP contribution in [0.3, 0.4) is 0 Å². The van der Waals surface area contributed by atoms with Crippen molar-refractivity contribution < 1.29 is 19.4 Å². The summed E-state index contributed by atoms with van der Waals surface area (Å²) in [6.45, 7) is 3.78. The molecule has 2 aromatic heterocycles. The van der Waals surface area contributed by atoms with Crippen LogP contribution in [0.15, 0.2) is 66.9 Å². The number of aromatic nitrogens is 3. The van der Waals surface area contributed by atoms with Crippen LogP contribution in [0.25, 0.3) is 16.9 Å². The third kappa shape index (κ3) is 5.40. The van der Waals surface area contributed by atoms with Crippen LogP contribution in [-0.4, -0.2) is 82.0 Å². The number of carbonyl (C=O) groups is 2. The highest BCUT2D eigenvalue weighted by Crippen LogP contribution is 2.25. The molecular weight excluding hydrogens is 498 g/mol. The van der Waals surface area contributed by atoms with Gasteiger partial charge in [-0.05, 0) is 67.1 Å². The molecule has 4 aromatic rings. The Morgan fingerprint density at radius 3 is 2.28 bits per heavy atom. The summed E-state index contributed by atoms with van der Waals surface area (Å²) in [5, 5.41) is 19.9. The highest BCUT2D eigenvalue weighted by molar-refractivity contribution is 6.00. The third-order valence-corrected chi connectivity index (χ3v) is 6.92. The van der Waals surface area contributed by atoms with Gasteiger partial charge in [-0.3, -0.25) is 4.79 Å². The molecule has 4 heterocycles. The zero-order chi connectivity index (χ0) is 26.8. The van der Waals surface area contributed by atoms with Gasteiger partial charge < -0.3 is 30.3 Å². The van der Waals surface area contributed by atoms with Gasteiger partial charge in [0, 0.05) is 54.9 Å². The van der Waals surface area contributed by atoms with E-state index in [0.29, 0.717) is 55.5 Å². The first-order valence-corrected chi connectivity index (χ1v) is 13.0. The molecule has 11 nitrogen and oxygen atoms in total. The average molecular weight is 528 g/mol. The van der Waals surface area contributed by atoms with E-state index >= 15 is 0 Å². The highest BCUT2D eigenvalue weighted by atomic mass is 16.5. The smallest absolute Gasteiger partial charge is 0.323 e. The number of nitrogens with zero attached hydrogens (tertiary/aromatic N) is 5. The topological polar surface area (TPSA) is 124 Å². The summed E-state index contributed by atoms with van der Waals surface area (Å²) >= 11 is 0. The van der Waals surface area contributed by atoms with Crippen LogP contribution >= 0.6 is 0 Å². The van der Waals surface area contributed by atoms with Crippen molar-refractivity contribution in [1.82, 2.24) is 19.5 Å². The van der Waals surface area contributed by atoms with Crippen LogP contribution in [0.4, 0.5) is 22.0 Å². The van der Waals surface area contributed by atoms with Gasteiger partial charge in [0.05, 0.1) is 19.3 Å². The molecule has 0 unspecified atom stereocenters. The lowest BCUT2D eigenvalue weighted by atomic mass is 10.2. The summed E-state index contributed by atoms with van der Waals surface area (Å²) in [4.78, 5) is 33.8. The number of morpholine rings is 1. The summed E-state index contributed by atoms with van der Waals surface area (Å²) in [6.07, 6.45) is 2.04. The van der Waals surface area contributed by atoms with Crippen LogP contribution < -0.4 is 15.5 Å². The maximum atomic E-state index is 12.6. The molecule has 2 aliphatic heterocycles. The SMILES string of the molecule is O=C(Nc1ccc(C(=O)N2CC[C@H](O)C2)cc1)Nc1ccc(-c2nc(N3CCOCC3)c3cccn3n2)cc1. The predicted molar refractivity (Wildman–Crippen MR) is 147 cm³/mol. The Kier molecular flexibility index (Phi) is 6.82. The number of likely N-dealkylation sites (tertiary alicyclic amines) is 1. The average Bonchev–Trinajstić information content (AvgIpc) is 3.62. The Bertz CT molecular complexity index is 1480. The molecule has 2 aliphatic rings. The van der Waals surface area contributed by atoms with Gasteiger partial charge in [0.15, 0.2) is 11.6 Å². The van der Waals surface area contributed by atoms with E-state index in [1.807, 2.05) is 35.0 Å². The second-order valence-electron chi connectivity index (χ2n) is 9.62. The van der Waals surface area contributed by atoms with Crippen molar-refractivity contribution in [1.29, 1.82) is 0 Å². The van der Waals surface area contributed by atoms with Crippen molar-refractivity contribution in [2.45, 2.75) is 12.5 Å². The van der Waals surface area contributed by atoms with Gasteiger partial charge in [0.25, 0.3) is 5.91 Å². The van der Waals surface area contributed by atoms with Gasteiger partial charge in [-0.25, -0.2) is 14.3 Å². The maximum Gasteiger partial charge on any atom is 0.323 e. The predicted octanol–water partition coefficient (Wildman–Crippen LogP) is 3.08. The fraction of sp³-hybridized carbons (Fsp3) is 0.286. The number of ether oxygens (including phenoxy) is 1. The van der Waals surface area contributed by atoms with Crippen LogP contribution in [0.1, 0.15) is 16.8 Å². The first-order chi connectivity index (χ1) is 19.0. The van der Waals surface area contributed by atoms with Crippen molar-refractivity contribution >= 4 is 34.6 Å². The minimum atomic E-state index is -0.462. The van der Waals surface area contributed by atoms with Crippen LogP contribution in [-0.2, 0) is 4.74 Å². The fourth-order valence-corrected chi connectivity index (χ4v) is 4.85. The van der Waals surface area contributed by atoms with E-state index in [1.54, 1.807) is 41.3 Å². The molecule has 3 amide bonds. The molecule has 2 fully saturated rings. The number of carbonyl (C=O) groups excluding carboxylic acids is 2. The van der Waals surface area contributed by atoms with Crippen molar-refractivity contribution in [2.75, 3.05) is 54.9 Å². The Morgan fingerprint density at radius 2 is 1.62 bits per heavy atom. The largest absolute Gasteiger partial charge is 0.391 e. The van der Waals surface area contributed by atoms with E-state index in [9.17, 15) is 14.7 Å². The van der Waals surface area contributed by atoms with Gasteiger partial charge in [-0.15, -0.1) is 5.10 Å². The normalized spacial score (nSPS) is 17.4. The van der Waals surface area contributed by atoms with Gasteiger partial charge in [-0.1, -0.05) is 0 Å². The summed E-state index contributed by atoms with van der Waals surface area (Å²) in [6, 6.07) is 17.6. The standard InChI is InChI=1S/C28H29N7O4/c36-23-11-13-34(18-23)27(37)20-5-9-22(10-6-20)30-28(38)29-21-7-3-19(4-8-21)25-31-26(33-14-16-39-17-15-33)24-2-1-12-35(24)32-25/h1-10,12,23,36H,11,13-18H2,(H2,29,30,38)/t23-/m0/s1. The molecule has 0 spiro atoms. The van der Waals surface area contributed by atoms with E-state index in [2.05, 4.69) is 20.6 Å². The Morgan fingerprint density at radius 1 is 0.923 bits per heavy atom. The molecule has 200 valence electrons. The molecule has 3 N–H and O–H groups in total. The lowest BCUT2D eigenvalue weighted by molar-refractivity contribution is 0.0765. The lowest BCUT2D eigenvalue weighted by Crippen LogP contribution is -2.37. The number of amides is 3. The molecule has 2 aromatic carbocycles. The maximum absolute atomic E-state index is 12.6. The molecular formula is C28H29N7O4. The zero-order valence-electron chi connectivity index (χ0n) is 21.3. The first-order valence-electron chi connectivity index (χ1n) is 13.0. The number of hydrogen-bond donors (Lipinski definition) is 3. The van der Waals surface area contributed by atoms with Crippen molar-refractivity contribution in [3.8, 4) is 11.4 Å². The summed E-state index contributed by atoms with van der Waals surface area (Å²) in [5.41, 5.74) is 3.47. The molecule has 1 atom stereocenters. The number of aliphatic hydroxyl groups is 1. The number of nitrogens with one attached hydrogen (secondary N) is 2. The molecule has 39 heavy (non-hydrogen) atoms. The molecule has 11 heteroatoms. The zero-order valence-corrected chi connectivity index (χ0v) is 21.3. The second-order valence-corrected chi connectivity index (χ2v) is 9.62. The number of benzene rings is 2. The van der Waals surface area contributed by atoms with Crippen LogP contribution in [0.5, 0.6) is 0 Å².